The Labute approximate surface area is 91.8 Å². The largest absolute Gasteiger partial charge is 0.349 e. The third kappa shape index (κ3) is 3.30. The van der Waals surface area contributed by atoms with Gasteiger partial charge in [0.2, 0.25) is 0 Å². The Balaban J connectivity index is 1.74. The number of ether oxygens (including phenoxy) is 2. The van der Waals surface area contributed by atoms with Gasteiger partial charge in [0.05, 0.1) is 19.3 Å². The van der Waals surface area contributed by atoms with E-state index in [4.69, 9.17) is 9.47 Å². The summed E-state index contributed by atoms with van der Waals surface area (Å²) in [6.45, 7) is 5.44. The highest BCUT2D eigenvalue weighted by molar-refractivity contribution is 4.94. The fourth-order valence-corrected chi connectivity index (χ4v) is 2.07. The van der Waals surface area contributed by atoms with Crippen molar-refractivity contribution in [2.75, 3.05) is 13.2 Å². The molecule has 1 heterocycles. The van der Waals surface area contributed by atoms with E-state index in [0.717, 1.165) is 19.6 Å². The van der Waals surface area contributed by atoms with Gasteiger partial charge in [-0.15, -0.1) is 0 Å². The van der Waals surface area contributed by atoms with Crippen LogP contribution in [0.4, 0.5) is 0 Å². The molecule has 1 N–H and O–H groups in total. The van der Waals surface area contributed by atoms with Gasteiger partial charge < -0.3 is 14.8 Å². The van der Waals surface area contributed by atoms with Crippen LogP contribution in [0.25, 0.3) is 0 Å². The fourth-order valence-electron chi connectivity index (χ4n) is 2.07. The summed E-state index contributed by atoms with van der Waals surface area (Å²) in [4.78, 5) is 0. The monoisotopic (exact) mass is 211 g/mol. The Morgan fingerprint density at radius 3 is 2.47 bits per heavy atom. The van der Waals surface area contributed by atoms with Gasteiger partial charge in [0, 0.05) is 6.04 Å². The molecule has 1 saturated heterocycles. The zero-order chi connectivity index (χ0) is 10.7. The molecule has 0 amide bonds. The average Bonchev–Trinajstić information content (AvgIpc) is 2.23. The molecule has 15 heavy (non-hydrogen) atoms. The van der Waals surface area contributed by atoms with E-state index >= 15 is 0 Å². The molecule has 0 radical (unpaired) electrons. The normalized spacial score (nSPS) is 31.7. The van der Waals surface area contributed by atoms with Crippen LogP contribution >= 0.6 is 0 Å². The van der Waals surface area contributed by atoms with Crippen LogP contribution in [0.15, 0.2) is 12.2 Å². The van der Waals surface area contributed by atoms with Crippen molar-refractivity contribution >= 4 is 0 Å². The lowest BCUT2D eigenvalue weighted by molar-refractivity contribution is -0.253. The van der Waals surface area contributed by atoms with Crippen molar-refractivity contribution in [2.24, 2.45) is 0 Å². The fraction of sp³-hybridized carbons (Fsp3) is 0.833. The maximum atomic E-state index is 5.62. The minimum Gasteiger partial charge on any atom is -0.349 e. The summed E-state index contributed by atoms with van der Waals surface area (Å²) in [7, 11) is 0. The molecular formula is C12H21NO2. The quantitative estimate of drug-likeness (QED) is 0.707. The summed E-state index contributed by atoms with van der Waals surface area (Å²) in [5.74, 6) is -0.398. The first-order valence-corrected chi connectivity index (χ1v) is 5.85. The van der Waals surface area contributed by atoms with E-state index in [2.05, 4.69) is 17.5 Å². The first kappa shape index (κ1) is 11.1. The lowest BCUT2D eigenvalue weighted by Crippen LogP contribution is -2.51. The summed E-state index contributed by atoms with van der Waals surface area (Å²) in [5, 5.41) is 3.59. The van der Waals surface area contributed by atoms with Crippen LogP contribution in [-0.4, -0.2) is 31.1 Å². The van der Waals surface area contributed by atoms with Crippen LogP contribution in [0.1, 0.15) is 33.1 Å². The molecule has 1 atom stereocenters. The molecule has 3 heteroatoms. The Morgan fingerprint density at radius 2 is 1.87 bits per heavy atom. The first-order valence-electron chi connectivity index (χ1n) is 5.85. The highest BCUT2D eigenvalue weighted by atomic mass is 16.7. The summed E-state index contributed by atoms with van der Waals surface area (Å²) < 4.78 is 11.2. The van der Waals surface area contributed by atoms with Crippen LogP contribution in [0.5, 0.6) is 0 Å². The van der Waals surface area contributed by atoms with Crippen LogP contribution in [0.3, 0.4) is 0 Å². The van der Waals surface area contributed by atoms with Crippen molar-refractivity contribution in [2.45, 2.75) is 51.0 Å². The van der Waals surface area contributed by atoms with E-state index in [1.807, 2.05) is 13.8 Å². The molecule has 0 aromatic heterocycles. The van der Waals surface area contributed by atoms with Crippen LogP contribution in [0, 0.1) is 0 Å². The average molecular weight is 211 g/mol. The van der Waals surface area contributed by atoms with E-state index in [-0.39, 0.29) is 0 Å². The van der Waals surface area contributed by atoms with Gasteiger partial charge >= 0.3 is 0 Å². The molecule has 0 aromatic carbocycles. The topological polar surface area (TPSA) is 30.5 Å². The molecule has 1 aliphatic carbocycles. The second-order valence-electron chi connectivity index (χ2n) is 4.87. The zero-order valence-corrected chi connectivity index (χ0v) is 9.66. The molecule has 0 bridgehead atoms. The van der Waals surface area contributed by atoms with E-state index in [9.17, 15) is 0 Å². The molecule has 3 nitrogen and oxygen atoms in total. The smallest absolute Gasteiger partial charge is 0.162 e. The Hall–Kier alpha value is -0.380. The number of hydrogen-bond donors (Lipinski definition) is 1. The van der Waals surface area contributed by atoms with Gasteiger partial charge in [-0.2, -0.15) is 0 Å². The lowest BCUT2D eigenvalue weighted by atomic mass is 10.0. The van der Waals surface area contributed by atoms with Gasteiger partial charge in [-0.25, -0.2) is 0 Å². The zero-order valence-electron chi connectivity index (χ0n) is 9.66. The number of nitrogens with one attached hydrogen (secondary N) is 1. The third-order valence-electron chi connectivity index (χ3n) is 3.00. The van der Waals surface area contributed by atoms with Crippen molar-refractivity contribution in [3.63, 3.8) is 0 Å². The predicted octanol–water partition coefficient (Wildman–Crippen LogP) is 1.84. The van der Waals surface area contributed by atoms with Gasteiger partial charge in [0.25, 0.3) is 0 Å². The maximum absolute atomic E-state index is 5.62. The van der Waals surface area contributed by atoms with Gasteiger partial charge in [0.1, 0.15) is 0 Å². The highest BCUT2D eigenvalue weighted by Crippen LogP contribution is 2.18. The molecule has 1 unspecified atom stereocenters. The van der Waals surface area contributed by atoms with Crippen molar-refractivity contribution < 1.29 is 9.47 Å². The van der Waals surface area contributed by atoms with Gasteiger partial charge in [-0.1, -0.05) is 12.2 Å². The van der Waals surface area contributed by atoms with E-state index in [1.54, 1.807) is 0 Å². The molecule has 0 spiro atoms. The predicted molar refractivity (Wildman–Crippen MR) is 59.7 cm³/mol. The Morgan fingerprint density at radius 1 is 1.13 bits per heavy atom. The Bertz CT molecular complexity index is 228. The molecule has 2 aliphatic rings. The van der Waals surface area contributed by atoms with E-state index in [1.165, 1.54) is 12.8 Å². The van der Waals surface area contributed by atoms with Crippen LogP contribution < -0.4 is 5.32 Å². The van der Waals surface area contributed by atoms with Crippen molar-refractivity contribution in [3.05, 3.63) is 12.2 Å². The maximum Gasteiger partial charge on any atom is 0.162 e. The van der Waals surface area contributed by atoms with Crippen LogP contribution in [-0.2, 0) is 9.47 Å². The van der Waals surface area contributed by atoms with Crippen molar-refractivity contribution in [1.82, 2.24) is 5.32 Å². The molecule has 0 aromatic rings. The molecular weight excluding hydrogens is 190 g/mol. The van der Waals surface area contributed by atoms with E-state index < -0.39 is 5.79 Å². The first-order chi connectivity index (χ1) is 7.16. The molecule has 2 rings (SSSR count). The number of allylic oxidation sites excluding steroid dienone is 1. The van der Waals surface area contributed by atoms with Gasteiger partial charge in [-0.05, 0) is 33.1 Å². The second kappa shape index (κ2) is 4.64. The lowest BCUT2D eigenvalue weighted by Gasteiger charge is -2.37. The SMILES string of the molecule is CC1(C)OCC(NC2CC=CCC2)CO1. The van der Waals surface area contributed by atoms with Crippen molar-refractivity contribution in [1.29, 1.82) is 0 Å². The van der Waals surface area contributed by atoms with E-state index in [0.29, 0.717) is 12.1 Å². The van der Waals surface area contributed by atoms with Crippen LogP contribution in [0.2, 0.25) is 0 Å². The second-order valence-corrected chi connectivity index (χ2v) is 4.87. The summed E-state index contributed by atoms with van der Waals surface area (Å²) in [6, 6.07) is 0.961. The molecule has 86 valence electrons. The number of rotatable bonds is 2. The third-order valence-corrected chi connectivity index (χ3v) is 3.00. The molecule has 1 aliphatic heterocycles. The Kier molecular flexibility index (Phi) is 3.44. The minimum absolute atomic E-state index is 0.356. The van der Waals surface area contributed by atoms with Crippen molar-refractivity contribution in [3.8, 4) is 0 Å². The minimum atomic E-state index is -0.398. The summed E-state index contributed by atoms with van der Waals surface area (Å²) in [5.41, 5.74) is 0. The van der Waals surface area contributed by atoms with Gasteiger partial charge in [0.15, 0.2) is 5.79 Å². The number of hydrogen-bond acceptors (Lipinski definition) is 3. The highest BCUT2D eigenvalue weighted by Gasteiger charge is 2.29. The molecule has 0 saturated carbocycles. The van der Waals surface area contributed by atoms with Gasteiger partial charge in [-0.3, -0.25) is 0 Å². The molecule has 1 fully saturated rings. The standard InChI is InChI=1S/C12H21NO2/c1-12(2)14-8-11(9-15-12)13-10-6-4-3-5-7-10/h3-4,10-11,13H,5-9H2,1-2H3. The summed E-state index contributed by atoms with van der Waals surface area (Å²) >= 11 is 0. The summed E-state index contributed by atoms with van der Waals surface area (Å²) in [6.07, 6.45) is 8.08.